The average Bonchev–Trinajstić information content (AvgIpc) is 2.81. The molecule has 7 nitrogen and oxygen atoms in total. The molecule has 1 aliphatic carbocycles. The molecule has 2 amide bonds. The lowest BCUT2D eigenvalue weighted by atomic mass is 9.98. The van der Waals surface area contributed by atoms with Gasteiger partial charge in [-0.3, -0.25) is 9.69 Å². The van der Waals surface area contributed by atoms with Crippen LogP contribution < -0.4 is 0 Å². The van der Waals surface area contributed by atoms with Crippen molar-refractivity contribution in [2.45, 2.75) is 69.9 Å². The predicted molar refractivity (Wildman–Crippen MR) is 132 cm³/mol. The lowest BCUT2D eigenvalue weighted by Gasteiger charge is -2.42. The van der Waals surface area contributed by atoms with Gasteiger partial charge in [-0.1, -0.05) is 38.6 Å². The third kappa shape index (κ3) is 5.60. The maximum Gasteiger partial charge on any atom is 0.414 e. The Balaban J connectivity index is 1.96. The van der Waals surface area contributed by atoms with Crippen LogP contribution in [0.25, 0.3) is 5.57 Å². The normalized spacial score (nSPS) is 21.0. The Morgan fingerprint density at radius 1 is 1.21 bits per heavy atom. The number of benzene rings is 1. The summed E-state index contributed by atoms with van der Waals surface area (Å²) >= 11 is 0. The lowest BCUT2D eigenvalue weighted by molar-refractivity contribution is -0.129. The van der Waals surface area contributed by atoms with E-state index in [1.807, 2.05) is 6.92 Å². The second-order valence-electron chi connectivity index (χ2n) is 8.93. The van der Waals surface area contributed by atoms with Gasteiger partial charge in [-0.25, -0.2) is 13.2 Å². The number of carbonyl (C=O) groups is 2. The first-order valence-electron chi connectivity index (χ1n) is 11.8. The van der Waals surface area contributed by atoms with Gasteiger partial charge >= 0.3 is 6.09 Å². The van der Waals surface area contributed by atoms with Crippen LogP contribution in [-0.2, 0) is 19.4 Å². The molecule has 1 unspecified atom stereocenters. The second-order valence-corrected chi connectivity index (χ2v) is 11.2. The van der Waals surface area contributed by atoms with Gasteiger partial charge in [-0.05, 0) is 62.0 Å². The summed E-state index contributed by atoms with van der Waals surface area (Å²) in [5.41, 5.74) is 1.90. The van der Waals surface area contributed by atoms with Crippen LogP contribution in [0.3, 0.4) is 0 Å². The number of hydrogen-bond acceptors (Lipinski definition) is 5. The van der Waals surface area contributed by atoms with E-state index in [2.05, 4.69) is 13.2 Å². The van der Waals surface area contributed by atoms with Crippen molar-refractivity contribution in [1.29, 1.82) is 0 Å². The minimum Gasteiger partial charge on any atom is -0.446 e. The largest absolute Gasteiger partial charge is 0.446 e. The van der Waals surface area contributed by atoms with E-state index in [-0.39, 0.29) is 35.2 Å². The van der Waals surface area contributed by atoms with Crippen LogP contribution in [0.1, 0.15) is 58.4 Å². The number of nitrogens with zero attached hydrogens (tertiary/aromatic N) is 2. The first-order valence-corrected chi connectivity index (χ1v) is 13.4. The molecule has 0 N–H and O–H groups in total. The Morgan fingerprint density at radius 3 is 2.50 bits per heavy atom. The molecule has 1 atom stereocenters. The molecular weight excluding hydrogens is 452 g/mol. The first kappa shape index (κ1) is 25.7. The number of piperazine rings is 1. The van der Waals surface area contributed by atoms with Gasteiger partial charge in [0, 0.05) is 13.5 Å². The summed E-state index contributed by atoms with van der Waals surface area (Å²) in [6.45, 7) is 13.4. The molecule has 0 bridgehead atoms. The van der Waals surface area contributed by atoms with Crippen molar-refractivity contribution in [3.63, 3.8) is 0 Å². The molecule has 1 aliphatic heterocycles. The highest BCUT2D eigenvalue weighted by atomic mass is 32.2. The van der Waals surface area contributed by atoms with Crippen molar-refractivity contribution < 1.29 is 22.7 Å². The fourth-order valence-electron chi connectivity index (χ4n) is 4.52. The lowest BCUT2D eigenvalue weighted by Crippen LogP contribution is -2.52. The van der Waals surface area contributed by atoms with E-state index >= 15 is 0 Å². The number of sulfone groups is 1. The Labute approximate surface area is 202 Å². The fraction of sp³-hybridized carbons (Fsp3) is 0.462. The van der Waals surface area contributed by atoms with E-state index in [1.54, 1.807) is 42.2 Å². The van der Waals surface area contributed by atoms with Crippen LogP contribution in [0, 0.1) is 0 Å². The van der Waals surface area contributed by atoms with Crippen molar-refractivity contribution in [3.8, 4) is 0 Å². The molecule has 1 saturated heterocycles. The van der Waals surface area contributed by atoms with Gasteiger partial charge in [-0.2, -0.15) is 0 Å². The monoisotopic (exact) mass is 486 g/mol. The van der Waals surface area contributed by atoms with Gasteiger partial charge < -0.3 is 9.64 Å². The highest BCUT2D eigenvalue weighted by Crippen LogP contribution is 2.32. The van der Waals surface area contributed by atoms with Crippen molar-refractivity contribution in [2.75, 3.05) is 12.3 Å². The molecular formula is C26H34N2O5S. The van der Waals surface area contributed by atoms with Crippen LogP contribution in [-0.4, -0.2) is 54.7 Å². The number of ether oxygens (including phenoxy) is 1. The zero-order valence-corrected chi connectivity index (χ0v) is 21.1. The van der Waals surface area contributed by atoms with Crippen LogP contribution in [0.4, 0.5) is 4.79 Å². The van der Waals surface area contributed by atoms with Crippen LogP contribution in [0.2, 0.25) is 0 Å². The topological polar surface area (TPSA) is 84.0 Å². The number of carbonyl (C=O) groups excluding carboxylic acids is 2. The molecule has 1 heterocycles. The first-order chi connectivity index (χ1) is 16.0. The van der Waals surface area contributed by atoms with Crippen molar-refractivity contribution in [2.24, 2.45) is 0 Å². The molecule has 0 radical (unpaired) electrons. The van der Waals surface area contributed by atoms with Gasteiger partial charge in [0.15, 0.2) is 9.84 Å². The van der Waals surface area contributed by atoms with Crippen LogP contribution in [0.5, 0.6) is 0 Å². The molecule has 184 valence electrons. The molecule has 2 fully saturated rings. The van der Waals surface area contributed by atoms with Crippen molar-refractivity contribution in [1.82, 2.24) is 9.80 Å². The van der Waals surface area contributed by atoms with E-state index in [0.717, 1.165) is 32.1 Å². The smallest absolute Gasteiger partial charge is 0.414 e. The number of hydrogen-bond donors (Lipinski definition) is 0. The molecule has 1 aromatic carbocycles. The number of amides is 2. The molecule has 0 spiro atoms. The summed E-state index contributed by atoms with van der Waals surface area (Å²) in [6.07, 6.45) is 6.01. The van der Waals surface area contributed by atoms with Crippen molar-refractivity contribution >= 4 is 27.4 Å². The molecule has 8 heteroatoms. The Kier molecular flexibility index (Phi) is 8.02. The third-order valence-corrected chi connectivity index (χ3v) is 8.13. The molecule has 0 aromatic heterocycles. The van der Waals surface area contributed by atoms with E-state index in [0.29, 0.717) is 22.5 Å². The maximum absolute atomic E-state index is 13.2. The summed E-state index contributed by atoms with van der Waals surface area (Å²) in [5.74, 6) is -0.182. The van der Waals surface area contributed by atoms with E-state index < -0.39 is 15.9 Å². The summed E-state index contributed by atoms with van der Waals surface area (Å²) in [4.78, 5) is 28.8. The van der Waals surface area contributed by atoms with Crippen LogP contribution >= 0.6 is 0 Å². The van der Waals surface area contributed by atoms with Crippen LogP contribution in [0.15, 0.2) is 59.8 Å². The molecule has 34 heavy (non-hydrogen) atoms. The molecule has 3 rings (SSSR count). The summed E-state index contributed by atoms with van der Waals surface area (Å²) in [5, 5.41) is 0. The molecule has 1 saturated carbocycles. The summed E-state index contributed by atoms with van der Waals surface area (Å²) in [6, 6.07) is 6.27. The highest BCUT2D eigenvalue weighted by Gasteiger charge is 2.36. The van der Waals surface area contributed by atoms with E-state index in [1.165, 1.54) is 11.8 Å². The molecule has 1 aromatic rings. The number of allylic oxidation sites excluding steroid dienone is 2. The zero-order valence-electron chi connectivity index (χ0n) is 20.2. The Morgan fingerprint density at radius 2 is 1.88 bits per heavy atom. The SMILES string of the molecule is C=C(/C=C1\C(=C)N(C(C)=O)C(C)CN1C(=O)OC1CCCCC1)c1cccc(S(=O)(=O)CC)c1. The maximum atomic E-state index is 13.2. The van der Waals surface area contributed by atoms with Gasteiger partial charge in [0.05, 0.1) is 28.1 Å². The summed E-state index contributed by atoms with van der Waals surface area (Å²) < 4.78 is 30.5. The van der Waals surface area contributed by atoms with Gasteiger partial charge in [-0.15, -0.1) is 0 Å². The van der Waals surface area contributed by atoms with Crippen molar-refractivity contribution in [3.05, 3.63) is 60.5 Å². The Bertz CT molecular complexity index is 1120. The number of rotatable bonds is 5. The van der Waals surface area contributed by atoms with Gasteiger partial charge in [0.1, 0.15) is 6.10 Å². The fourth-order valence-corrected chi connectivity index (χ4v) is 5.44. The average molecular weight is 487 g/mol. The quantitative estimate of drug-likeness (QED) is 0.590. The van der Waals surface area contributed by atoms with E-state index in [4.69, 9.17) is 4.74 Å². The Hall–Kier alpha value is -2.87. The van der Waals surface area contributed by atoms with Gasteiger partial charge in [0.25, 0.3) is 0 Å². The van der Waals surface area contributed by atoms with Gasteiger partial charge in [0.2, 0.25) is 5.91 Å². The third-order valence-electron chi connectivity index (χ3n) is 6.40. The minimum absolute atomic E-state index is 0.00688. The zero-order chi connectivity index (χ0) is 25.0. The summed E-state index contributed by atoms with van der Waals surface area (Å²) in [7, 11) is -3.38. The molecule has 2 aliphatic rings. The minimum atomic E-state index is -3.38. The van der Waals surface area contributed by atoms with E-state index in [9.17, 15) is 18.0 Å². The standard InChI is InChI=1S/C26H34N2O5S/c1-6-34(31,32)24-14-10-11-22(16-24)18(2)15-25-20(4)28(21(5)29)19(3)17-27(25)26(30)33-23-12-8-7-9-13-23/h10-11,14-16,19,23H,2,4,6-9,12-13,17H2,1,3,5H3/b25-15+. The highest BCUT2D eigenvalue weighted by molar-refractivity contribution is 7.91. The predicted octanol–water partition coefficient (Wildman–Crippen LogP) is 4.91. The second kappa shape index (κ2) is 10.6.